The predicted octanol–water partition coefficient (Wildman–Crippen LogP) is 4.04. The molecule has 2 rings (SSSR count). The molecular weight excluding hydrogens is 426 g/mol. The lowest BCUT2D eigenvalue weighted by Crippen LogP contribution is -2.48. The molecular formula is C19H21Cl2FN2O3S. The Morgan fingerprint density at radius 3 is 2.25 bits per heavy atom. The highest BCUT2D eigenvalue weighted by molar-refractivity contribution is 7.92. The van der Waals surface area contributed by atoms with E-state index in [0.29, 0.717) is 19.4 Å². The molecule has 0 aliphatic carbocycles. The van der Waals surface area contributed by atoms with Gasteiger partial charge in [-0.05, 0) is 55.7 Å². The molecule has 0 unspecified atom stereocenters. The van der Waals surface area contributed by atoms with Crippen LogP contribution in [-0.4, -0.2) is 33.2 Å². The van der Waals surface area contributed by atoms with Crippen molar-refractivity contribution in [1.29, 1.82) is 0 Å². The summed E-state index contributed by atoms with van der Waals surface area (Å²) in [6.45, 7) is 1.85. The van der Waals surface area contributed by atoms with Gasteiger partial charge in [0.1, 0.15) is 11.9 Å². The molecule has 1 amide bonds. The van der Waals surface area contributed by atoms with Crippen molar-refractivity contribution in [2.75, 3.05) is 17.1 Å². The van der Waals surface area contributed by atoms with E-state index in [0.717, 1.165) is 16.1 Å². The van der Waals surface area contributed by atoms with Crippen molar-refractivity contribution in [2.24, 2.45) is 0 Å². The molecule has 0 spiro atoms. The van der Waals surface area contributed by atoms with E-state index >= 15 is 0 Å². The Labute approximate surface area is 174 Å². The monoisotopic (exact) mass is 446 g/mol. The summed E-state index contributed by atoms with van der Waals surface area (Å²) in [5.41, 5.74) is 1.17. The summed E-state index contributed by atoms with van der Waals surface area (Å²) < 4.78 is 38.4. The number of carbonyl (C=O) groups excluding carboxylic acids is 1. The topological polar surface area (TPSA) is 66.5 Å². The lowest BCUT2D eigenvalue weighted by molar-refractivity contribution is -0.121. The Morgan fingerprint density at radius 2 is 1.71 bits per heavy atom. The van der Waals surface area contributed by atoms with E-state index < -0.39 is 22.0 Å². The average Bonchev–Trinajstić information content (AvgIpc) is 2.58. The highest BCUT2D eigenvalue weighted by Gasteiger charge is 2.29. The zero-order valence-electron chi connectivity index (χ0n) is 15.5. The standard InChI is InChI=1S/C19H21Cl2FN2O3S/c1-13(19(25)23-9-3-4-14-5-7-17(22)8-6-14)24(28(2,26)27)18-11-15(20)10-16(21)12-18/h5-8,10-13H,3-4,9H2,1-2H3,(H,23,25)/t13-/m0/s1. The summed E-state index contributed by atoms with van der Waals surface area (Å²) in [5.74, 6) is -0.742. The van der Waals surface area contributed by atoms with Gasteiger partial charge >= 0.3 is 0 Å². The molecule has 1 N–H and O–H groups in total. The zero-order chi connectivity index (χ0) is 20.9. The van der Waals surface area contributed by atoms with Crippen LogP contribution >= 0.6 is 23.2 Å². The Hall–Kier alpha value is -1.83. The van der Waals surface area contributed by atoms with Gasteiger partial charge in [-0.25, -0.2) is 12.8 Å². The number of hydrogen-bond acceptors (Lipinski definition) is 3. The molecule has 0 fully saturated rings. The van der Waals surface area contributed by atoms with Gasteiger partial charge in [0.05, 0.1) is 11.9 Å². The van der Waals surface area contributed by atoms with Crippen LogP contribution in [0.4, 0.5) is 10.1 Å². The molecule has 0 aliphatic rings. The molecule has 0 saturated heterocycles. The molecule has 2 aromatic rings. The summed E-state index contributed by atoms with van der Waals surface area (Å²) in [5, 5.41) is 3.26. The second-order valence-electron chi connectivity index (χ2n) is 6.38. The van der Waals surface area contributed by atoms with Crippen LogP contribution in [0.1, 0.15) is 18.9 Å². The molecule has 1 atom stereocenters. The first-order valence-electron chi connectivity index (χ1n) is 8.55. The summed E-state index contributed by atoms with van der Waals surface area (Å²) >= 11 is 11.9. The van der Waals surface area contributed by atoms with Gasteiger partial charge in [0, 0.05) is 16.6 Å². The number of sulfonamides is 1. The van der Waals surface area contributed by atoms with Crippen LogP contribution in [0.25, 0.3) is 0 Å². The van der Waals surface area contributed by atoms with Gasteiger partial charge in [0.25, 0.3) is 0 Å². The van der Waals surface area contributed by atoms with E-state index in [4.69, 9.17) is 23.2 Å². The largest absolute Gasteiger partial charge is 0.354 e. The number of anilines is 1. The number of halogens is 3. The van der Waals surface area contributed by atoms with E-state index in [9.17, 15) is 17.6 Å². The van der Waals surface area contributed by atoms with Crippen LogP contribution in [0.15, 0.2) is 42.5 Å². The molecule has 5 nitrogen and oxygen atoms in total. The second-order valence-corrected chi connectivity index (χ2v) is 9.12. The van der Waals surface area contributed by atoms with E-state index in [1.54, 1.807) is 12.1 Å². The maximum absolute atomic E-state index is 12.9. The maximum Gasteiger partial charge on any atom is 0.243 e. The average molecular weight is 447 g/mol. The lowest BCUT2D eigenvalue weighted by Gasteiger charge is -2.28. The van der Waals surface area contributed by atoms with Gasteiger partial charge in [-0.1, -0.05) is 35.3 Å². The van der Waals surface area contributed by atoms with Gasteiger partial charge in [0.2, 0.25) is 15.9 Å². The zero-order valence-corrected chi connectivity index (χ0v) is 17.8. The molecule has 0 bridgehead atoms. The minimum absolute atomic E-state index is 0.217. The fraction of sp³-hybridized carbons (Fsp3) is 0.316. The molecule has 0 aliphatic heterocycles. The molecule has 28 heavy (non-hydrogen) atoms. The van der Waals surface area contributed by atoms with Crippen molar-refractivity contribution < 1.29 is 17.6 Å². The number of hydrogen-bond donors (Lipinski definition) is 1. The molecule has 0 radical (unpaired) electrons. The first-order valence-corrected chi connectivity index (χ1v) is 11.2. The fourth-order valence-electron chi connectivity index (χ4n) is 2.78. The minimum atomic E-state index is -3.75. The SMILES string of the molecule is C[C@@H](C(=O)NCCCc1ccc(F)cc1)N(c1cc(Cl)cc(Cl)c1)S(C)(=O)=O. The first kappa shape index (κ1) is 22.5. The number of rotatable bonds is 8. The summed E-state index contributed by atoms with van der Waals surface area (Å²) in [7, 11) is -3.75. The van der Waals surface area contributed by atoms with Crippen LogP contribution in [0.5, 0.6) is 0 Å². The van der Waals surface area contributed by atoms with Crippen LogP contribution in [0.2, 0.25) is 10.0 Å². The van der Waals surface area contributed by atoms with Crippen molar-refractivity contribution in [1.82, 2.24) is 5.32 Å². The highest BCUT2D eigenvalue weighted by Crippen LogP contribution is 2.28. The predicted molar refractivity (Wildman–Crippen MR) is 111 cm³/mol. The fourth-order valence-corrected chi connectivity index (χ4v) is 4.45. The van der Waals surface area contributed by atoms with Crippen LogP contribution in [0.3, 0.4) is 0 Å². The first-order chi connectivity index (χ1) is 13.1. The highest BCUT2D eigenvalue weighted by atomic mass is 35.5. The molecule has 0 saturated carbocycles. The molecule has 0 aromatic heterocycles. The lowest BCUT2D eigenvalue weighted by atomic mass is 10.1. The summed E-state index contributed by atoms with van der Waals surface area (Å²) in [6, 6.07) is 9.51. The Balaban J connectivity index is 2.02. The third-order valence-electron chi connectivity index (χ3n) is 4.05. The van der Waals surface area contributed by atoms with Gasteiger partial charge in [-0.3, -0.25) is 9.10 Å². The van der Waals surface area contributed by atoms with Crippen LogP contribution in [0, 0.1) is 5.82 Å². The number of aryl methyl sites for hydroxylation is 1. The van der Waals surface area contributed by atoms with Crippen LogP contribution < -0.4 is 9.62 Å². The van der Waals surface area contributed by atoms with Crippen LogP contribution in [-0.2, 0) is 21.2 Å². The van der Waals surface area contributed by atoms with Gasteiger partial charge in [-0.15, -0.1) is 0 Å². The van der Waals surface area contributed by atoms with E-state index in [1.165, 1.54) is 37.3 Å². The smallest absolute Gasteiger partial charge is 0.243 e. The summed E-state index contributed by atoms with van der Waals surface area (Å²) in [4.78, 5) is 12.5. The molecule has 9 heteroatoms. The van der Waals surface area contributed by atoms with E-state index in [1.807, 2.05) is 0 Å². The van der Waals surface area contributed by atoms with Crippen molar-refractivity contribution in [3.05, 3.63) is 63.9 Å². The summed E-state index contributed by atoms with van der Waals surface area (Å²) in [6.07, 6.45) is 2.31. The van der Waals surface area contributed by atoms with Gasteiger partial charge in [-0.2, -0.15) is 0 Å². The number of amides is 1. The van der Waals surface area contributed by atoms with Gasteiger partial charge in [0.15, 0.2) is 0 Å². The van der Waals surface area contributed by atoms with Gasteiger partial charge < -0.3 is 5.32 Å². The normalized spacial score (nSPS) is 12.5. The van der Waals surface area contributed by atoms with Crippen molar-refractivity contribution >= 4 is 44.8 Å². The molecule has 152 valence electrons. The Morgan fingerprint density at radius 1 is 1.14 bits per heavy atom. The quantitative estimate of drug-likeness (QED) is 0.622. The Kier molecular flexibility index (Phi) is 7.69. The number of nitrogens with one attached hydrogen (secondary N) is 1. The van der Waals surface area contributed by atoms with E-state index in [2.05, 4.69) is 5.32 Å². The Bertz CT molecular complexity index is 916. The number of carbonyl (C=O) groups is 1. The van der Waals surface area contributed by atoms with Crippen molar-refractivity contribution in [3.63, 3.8) is 0 Å². The van der Waals surface area contributed by atoms with Crippen molar-refractivity contribution in [3.8, 4) is 0 Å². The number of benzene rings is 2. The minimum Gasteiger partial charge on any atom is -0.354 e. The van der Waals surface area contributed by atoms with Crippen molar-refractivity contribution in [2.45, 2.75) is 25.8 Å². The van der Waals surface area contributed by atoms with E-state index in [-0.39, 0.29) is 21.5 Å². The number of nitrogens with zero attached hydrogens (tertiary/aromatic N) is 1. The third-order valence-corrected chi connectivity index (χ3v) is 5.72. The third kappa shape index (κ3) is 6.36. The second kappa shape index (κ2) is 9.58. The maximum atomic E-state index is 12.9. The molecule has 2 aromatic carbocycles. The molecule has 0 heterocycles.